The van der Waals surface area contributed by atoms with Crippen LogP contribution in [0.15, 0.2) is 72.8 Å². The molecule has 3 aromatic rings. The molecule has 2 nitrogen and oxygen atoms in total. The molecule has 1 N–H and O–H groups in total. The monoisotopic (exact) mass is 385 g/mol. The van der Waals surface area contributed by atoms with Crippen LogP contribution in [0.4, 0.5) is 0 Å². The Balaban J connectivity index is 1.54. The summed E-state index contributed by atoms with van der Waals surface area (Å²) in [6, 6.07) is 24.2. The van der Waals surface area contributed by atoms with Gasteiger partial charge >= 0.3 is 0 Å². The number of benzene rings is 3. The van der Waals surface area contributed by atoms with E-state index in [1.165, 1.54) is 11.1 Å². The van der Waals surface area contributed by atoms with Gasteiger partial charge in [0.15, 0.2) is 0 Å². The predicted octanol–water partition coefficient (Wildman–Crippen LogP) is 6.42. The van der Waals surface area contributed by atoms with Gasteiger partial charge < -0.3 is 10.1 Å². The molecule has 0 radical (unpaired) electrons. The van der Waals surface area contributed by atoms with E-state index in [1.807, 2.05) is 36.4 Å². The predicted molar refractivity (Wildman–Crippen MR) is 109 cm³/mol. The van der Waals surface area contributed by atoms with E-state index < -0.39 is 0 Å². The molecule has 134 valence electrons. The first-order valence-corrected chi connectivity index (χ1v) is 9.32. The van der Waals surface area contributed by atoms with E-state index in [-0.39, 0.29) is 0 Å². The van der Waals surface area contributed by atoms with Crippen molar-refractivity contribution in [2.45, 2.75) is 26.1 Å². The molecule has 0 spiro atoms. The second kappa shape index (κ2) is 9.09. The molecule has 26 heavy (non-hydrogen) atoms. The molecule has 0 aliphatic rings. The molecule has 0 amide bonds. The zero-order chi connectivity index (χ0) is 18.4. The lowest BCUT2D eigenvalue weighted by molar-refractivity contribution is 0.306. The van der Waals surface area contributed by atoms with E-state index in [0.717, 1.165) is 17.9 Å². The van der Waals surface area contributed by atoms with Crippen LogP contribution in [-0.2, 0) is 13.2 Å². The minimum absolute atomic E-state index is 0.300. The molecule has 1 unspecified atom stereocenters. The maximum atomic E-state index is 6.17. The molecule has 1 atom stereocenters. The van der Waals surface area contributed by atoms with Gasteiger partial charge in [-0.25, -0.2) is 0 Å². The second-order valence-electron chi connectivity index (χ2n) is 6.15. The molecule has 3 rings (SSSR count). The van der Waals surface area contributed by atoms with Crippen molar-refractivity contribution in [3.63, 3.8) is 0 Å². The fourth-order valence-electron chi connectivity index (χ4n) is 2.66. The molecule has 0 aliphatic heterocycles. The standard InChI is InChI=1S/C22H21Cl2NO/c1-16(18-6-3-2-4-7-18)25-14-17-10-12-19(13-11-17)26-15-20-21(23)8-5-9-22(20)24/h2-13,16,25H,14-15H2,1H3. The Morgan fingerprint density at radius 1 is 0.846 bits per heavy atom. The topological polar surface area (TPSA) is 21.3 Å². The summed E-state index contributed by atoms with van der Waals surface area (Å²) < 4.78 is 5.81. The van der Waals surface area contributed by atoms with E-state index in [1.54, 1.807) is 0 Å². The fraction of sp³-hybridized carbons (Fsp3) is 0.182. The van der Waals surface area contributed by atoms with Crippen LogP contribution in [0.25, 0.3) is 0 Å². The number of rotatable bonds is 7. The fourth-order valence-corrected chi connectivity index (χ4v) is 3.17. The zero-order valence-corrected chi connectivity index (χ0v) is 16.1. The van der Waals surface area contributed by atoms with Gasteiger partial charge in [0.2, 0.25) is 0 Å². The number of nitrogens with one attached hydrogen (secondary N) is 1. The SMILES string of the molecule is CC(NCc1ccc(OCc2c(Cl)cccc2Cl)cc1)c1ccccc1. The van der Waals surface area contributed by atoms with E-state index >= 15 is 0 Å². The van der Waals surface area contributed by atoms with Gasteiger partial charge in [0.25, 0.3) is 0 Å². The number of hydrogen-bond acceptors (Lipinski definition) is 2. The Bertz CT molecular complexity index is 814. The molecule has 0 saturated carbocycles. The van der Waals surface area contributed by atoms with Gasteiger partial charge in [-0.05, 0) is 42.3 Å². The van der Waals surface area contributed by atoms with Crippen LogP contribution >= 0.6 is 23.2 Å². The molecule has 0 aliphatic carbocycles. The number of hydrogen-bond donors (Lipinski definition) is 1. The smallest absolute Gasteiger partial charge is 0.119 e. The van der Waals surface area contributed by atoms with Crippen LogP contribution in [0, 0.1) is 0 Å². The Hall–Kier alpha value is -2.00. The van der Waals surface area contributed by atoms with Crippen LogP contribution in [0.3, 0.4) is 0 Å². The van der Waals surface area contributed by atoms with Crippen molar-refractivity contribution in [3.8, 4) is 5.75 Å². The molecular formula is C22H21Cl2NO. The van der Waals surface area contributed by atoms with Crippen LogP contribution in [-0.4, -0.2) is 0 Å². The summed E-state index contributed by atoms with van der Waals surface area (Å²) in [7, 11) is 0. The Morgan fingerprint density at radius 2 is 1.50 bits per heavy atom. The third-order valence-electron chi connectivity index (χ3n) is 4.28. The molecule has 0 saturated heterocycles. The highest BCUT2D eigenvalue weighted by Crippen LogP contribution is 2.26. The van der Waals surface area contributed by atoms with Gasteiger partial charge in [-0.2, -0.15) is 0 Å². The summed E-state index contributed by atoms with van der Waals surface area (Å²) in [6.45, 7) is 3.31. The summed E-state index contributed by atoms with van der Waals surface area (Å²) in [5.74, 6) is 0.792. The van der Waals surface area contributed by atoms with E-state index in [0.29, 0.717) is 22.7 Å². The molecule has 0 aromatic heterocycles. The normalized spacial score (nSPS) is 12.0. The first-order valence-electron chi connectivity index (χ1n) is 8.56. The minimum Gasteiger partial charge on any atom is -0.489 e. The van der Waals surface area contributed by atoms with Crippen LogP contribution in [0.2, 0.25) is 10.0 Å². The van der Waals surface area contributed by atoms with Crippen molar-refractivity contribution in [2.75, 3.05) is 0 Å². The van der Waals surface area contributed by atoms with E-state index in [9.17, 15) is 0 Å². The molecular weight excluding hydrogens is 365 g/mol. The lowest BCUT2D eigenvalue weighted by Crippen LogP contribution is -2.17. The maximum absolute atomic E-state index is 6.17. The quantitative estimate of drug-likeness (QED) is 0.506. The summed E-state index contributed by atoms with van der Waals surface area (Å²) in [5.41, 5.74) is 3.29. The first kappa shape index (κ1) is 18.8. The van der Waals surface area contributed by atoms with Crippen LogP contribution < -0.4 is 10.1 Å². The van der Waals surface area contributed by atoms with Crippen molar-refractivity contribution in [1.29, 1.82) is 0 Å². The summed E-state index contributed by atoms with van der Waals surface area (Å²) >= 11 is 12.3. The third kappa shape index (κ3) is 5.01. The van der Waals surface area contributed by atoms with Crippen molar-refractivity contribution in [2.24, 2.45) is 0 Å². The Kier molecular flexibility index (Phi) is 6.56. The largest absolute Gasteiger partial charge is 0.489 e. The molecule has 4 heteroatoms. The highest BCUT2D eigenvalue weighted by Gasteiger charge is 2.07. The summed E-state index contributed by atoms with van der Waals surface area (Å²) in [4.78, 5) is 0. The third-order valence-corrected chi connectivity index (χ3v) is 4.99. The zero-order valence-electron chi connectivity index (χ0n) is 14.6. The van der Waals surface area contributed by atoms with Crippen LogP contribution in [0.1, 0.15) is 29.7 Å². The van der Waals surface area contributed by atoms with Crippen LogP contribution in [0.5, 0.6) is 5.75 Å². The average molecular weight is 386 g/mol. The van der Waals surface area contributed by atoms with Gasteiger partial charge in [-0.3, -0.25) is 0 Å². The molecule has 0 fully saturated rings. The van der Waals surface area contributed by atoms with Crippen molar-refractivity contribution in [3.05, 3.63) is 99.5 Å². The Morgan fingerprint density at radius 3 is 2.15 bits per heavy atom. The lowest BCUT2D eigenvalue weighted by Gasteiger charge is -2.14. The van der Waals surface area contributed by atoms with Gasteiger partial charge in [0.1, 0.15) is 12.4 Å². The van der Waals surface area contributed by atoms with Crippen molar-refractivity contribution >= 4 is 23.2 Å². The average Bonchev–Trinajstić information content (AvgIpc) is 2.67. The highest BCUT2D eigenvalue weighted by atomic mass is 35.5. The minimum atomic E-state index is 0.300. The van der Waals surface area contributed by atoms with Crippen molar-refractivity contribution < 1.29 is 4.74 Å². The van der Waals surface area contributed by atoms with Gasteiger partial charge in [0.05, 0.1) is 0 Å². The number of halogens is 2. The first-order chi connectivity index (χ1) is 12.6. The highest BCUT2D eigenvalue weighted by molar-refractivity contribution is 6.35. The lowest BCUT2D eigenvalue weighted by atomic mass is 10.1. The summed E-state index contributed by atoms with van der Waals surface area (Å²) in [5, 5.41) is 4.77. The van der Waals surface area contributed by atoms with Gasteiger partial charge in [-0.1, -0.05) is 71.7 Å². The molecule has 3 aromatic carbocycles. The van der Waals surface area contributed by atoms with Gasteiger partial charge in [-0.15, -0.1) is 0 Å². The van der Waals surface area contributed by atoms with E-state index in [2.05, 4.69) is 48.6 Å². The molecule has 0 heterocycles. The molecule has 0 bridgehead atoms. The number of ether oxygens (including phenoxy) is 1. The van der Waals surface area contributed by atoms with Gasteiger partial charge in [0, 0.05) is 28.2 Å². The Labute approximate surface area is 164 Å². The van der Waals surface area contributed by atoms with E-state index in [4.69, 9.17) is 27.9 Å². The summed E-state index contributed by atoms with van der Waals surface area (Å²) in [6.07, 6.45) is 0. The second-order valence-corrected chi connectivity index (χ2v) is 6.96. The maximum Gasteiger partial charge on any atom is 0.119 e. The van der Waals surface area contributed by atoms with Crippen molar-refractivity contribution in [1.82, 2.24) is 5.32 Å².